The molecule has 6 heteroatoms. The molecule has 0 saturated heterocycles. The first kappa shape index (κ1) is 18.1. The lowest BCUT2D eigenvalue weighted by molar-refractivity contribution is 0.0734. The lowest BCUT2D eigenvalue weighted by Gasteiger charge is -2.19. The Morgan fingerprint density at radius 2 is 1.54 bits per heavy atom. The first-order chi connectivity index (χ1) is 13.3. The zero-order valence-electron chi connectivity index (χ0n) is 15.2. The van der Waals surface area contributed by atoms with Crippen molar-refractivity contribution < 1.29 is 22.7 Å². The zero-order valence-corrected chi connectivity index (χ0v) is 16.0. The number of ketones is 1. The molecule has 0 saturated carbocycles. The van der Waals surface area contributed by atoms with Crippen LogP contribution >= 0.6 is 0 Å². The maximum absolute atomic E-state index is 13.0. The molecule has 0 amide bonds. The molecule has 140 valence electrons. The summed E-state index contributed by atoms with van der Waals surface area (Å²) in [5.41, 5.74) is 2.30. The number of sulfone groups is 1. The predicted molar refractivity (Wildman–Crippen MR) is 103 cm³/mol. The average Bonchev–Trinajstić information content (AvgIpc) is 2.69. The minimum absolute atomic E-state index is 0.0489. The van der Waals surface area contributed by atoms with Gasteiger partial charge in [-0.05, 0) is 67.4 Å². The molecular formula is C22H16O5S. The minimum atomic E-state index is -3.90. The van der Waals surface area contributed by atoms with Gasteiger partial charge in [-0.2, -0.15) is 0 Å². The van der Waals surface area contributed by atoms with Crippen molar-refractivity contribution in [1.29, 1.82) is 0 Å². The standard InChI is InChI=1S/C22H16O5S/c1-13-7-9-16(11-14(13)2)27-22(24)15-8-10-18-20(12-15)28(25,26)19-6-4-3-5-17(19)21(18)23/h3-12H,1-2H3. The fourth-order valence-electron chi connectivity index (χ4n) is 3.15. The van der Waals surface area contributed by atoms with E-state index in [4.69, 9.17) is 4.74 Å². The van der Waals surface area contributed by atoms with E-state index in [-0.39, 0.29) is 32.3 Å². The first-order valence-electron chi connectivity index (χ1n) is 8.61. The average molecular weight is 392 g/mol. The molecule has 0 N–H and O–H groups in total. The Labute approximate surface area is 162 Å². The second-order valence-corrected chi connectivity index (χ2v) is 8.56. The number of hydrogen-bond acceptors (Lipinski definition) is 5. The number of aryl methyl sites for hydroxylation is 2. The number of benzene rings is 3. The lowest BCUT2D eigenvalue weighted by atomic mass is 10.0. The SMILES string of the molecule is Cc1ccc(OC(=O)c2ccc3c(c2)S(=O)(=O)c2ccccc2C3=O)cc1C. The van der Waals surface area contributed by atoms with Gasteiger partial charge in [-0.15, -0.1) is 0 Å². The van der Waals surface area contributed by atoms with E-state index in [0.717, 1.165) is 11.1 Å². The summed E-state index contributed by atoms with van der Waals surface area (Å²) < 4.78 is 31.3. The summed E-state index contributed by atoms with van der Waals surface area (Å²) in [6.45, 7) is 3.85. The highest BCUT2D eigenvalue weighted by atomic mass is 32.2. The molecule has 0 fully saturated rings. The summed E-state index contributed by atoms with van der Waals surface area (Å²) in [6, 6.07) is 15.3. The molecular weight excluding hydrogens is 376 g/mol. The van der Waals surface area contributed by atoms with Gasteiger partial charge in [-0.25, -0.2) is 13.2 Å². The predicted octanol–water partition coefficient (Wildman–Crippen LogP) is 3.90. The zero-order chi connectivity index (χ0) is 20.1. The van der Waals surface area contributed by atoms with Crippen molar-refractivity contribution >= 4 is 21.6 Å². The summed E-state index contributed by atoms with van der Waals surface area (Å²) in [6.07, 6.45) is 0. The van der Waals surface area contributed by atoms with E-state index in [2.05, 4.69) is 0 Å². The summed E-state index contributed by atoms with van der Waals surface area (Å²) >= 11 is 0. The molecule has 0 unspecified atom stereocenters. The highest BCUT2D eigenvalue weighted by Crippen LogP contribution is 2.35. The van der Waals surface area contributed by atoms with Gasteiger partial charge in [0.1, 0.15) is 5.75 Å². The van der Waals surface area contributed by atoms with Crippen LogP contribution in [0.25, 0.3) is 0 Å². The molecule has 0 spiro atoms. The first-order valence-corrected chi connectivity index (χ1v) is 10.1. The second-order valence-electron chi connectivity index (χ2n) is 6.68. The van der Waals surface area contributed by atoms with Crippen LogP contribution in [0, 0.1) is 13.8 Å². The molecule has 0 aliphatic carbocycles. The topological polar surface area (TPSA) is 77.5 Å². The Balaban J connectivity index is 1.74. The van der Waals surface area contributed by atoms with Crippen molar-refractivity contribution in [2.45, 2.75) is 23.6 Å². The Hall–Kier alpha value is -3.25. The lowest BCUT2D eigenvalue weighted by Crippen LogP contribution is -2.21. The van der Waals surface area contributed by atoms with Gasteiger partial charge >= 0.3 is 5.97 Å². The van der Waals surface area contributed by atoms with Crippen LogP contribution in [0.4, 0.5) is 0 Å². The second kappa shape index (κ2) is 6.42. The van der Waals surface area contributed by atoms with Crippen molar-refractivity contribution in [1.82, 2.24) is 0 Å². The van der Waals surface area contributed by atoms with Crippen LogP contribution < -0.4 is 4.74 Å². The van der Waals surface area contributed by atoms with Crippen LogP contribution in [0.5, 0.6) is 5.75 Å². The van der Waals surface area contributed by atoms with Gasteiger partial charge in [-0.3, -0.25) is 4.79 Å². The molecule has 0 aromatic heterocycles. The minimum Gasteiger partial charge on any atom is -0.423 e. The van der Waals surface area contributed by atoms with E-state index in [1.165, 1.54) is 30.3 Å². The molecule has 0 bridgehead atoms. The van der Waals surface area contributed by atoms with E-state index in [1.54, 1.807) is 24.3 Å². The van der Waals surface area contributed by atoms with Gasteiger partial charge in [0.25, 0.3) is 0 Å². The van der Waals surface area contributed by atoms with Crippen LogP contribution in [0.2, 0.25) is 0 Å². The van der Waals surface area contributed by atoms with Crippen molar-refractivity contribution in [3.8, 4) is 5.75 Å². The van der Waals surface area contributed by atoms with E-state index < -0.39 is 15.8 Å². The molecule has 3 aromatic rings. The van der Waals surface area contributed by atoms with Gasteiger partial charge in [0.2, 0.25) is 9.84 Å². The van der Waals surface area contributed by atoms with Crippen LogP contribution in [0.15, 0.2) is 70.5 Å². The fourth-order valence-corrected chi connectivity index (χ4v) is 4.83. The van der Waals surface area contributed by atoms with Crippen LogP contribution in [0.1, 0.15) is 37.4 Å². The summed E-state index contributed by atoms with van der Waals surface area (Å²) in [4.78, 5) is 25.0. The van der Waals surface area contributed by atoms with Crippen molar-refractivity contribution in [3.63, 3.8) is 0 Å². The van der Waals surface area contributed by atoms with Gasteiger partial charge in [0.15, 0.2) is 5.78 Å². The Bertz CT molecular complexity index is 1260. The molecule has 1 aliphatic heterocycles. The van der Waals surface area contributed by atoms with Gasteiger partial charge in [-0.1, -0.05) is 18.2 Å². The monoisotopic (exact) mass is 392 g/mol. The molecule has 1 aliphatic rings. The third-order valence-electron chi connectivity index (χ3n) is 4.86. The van der Waals surface area contributed by atoms with Gasteiger partial charge in [0.05, 0.1) is 15.4 Å². The van der Waals surface area contributed by atoms with Crippen LogP contribution in [-0.2, 0) is 9.84 Å². The number of fused-ring (bicyclic) bond motifs is 2. The third kappa shape index (κ3) is 2.82. The molecule has 4 rings (SSSR count). The number of ether oxygens (including phenoxy) is 1. The van der Waals surface area contributed by atoms with Crippen molar-refractivity contribution in [3.05, 3.63) is 88.5 Å². The smallest absolute Gasteiger partial charge is 0.343 e. The Morgan fingerprint density at radius 1 is 0.821 bits per heavy atom. The van der Waals surface area contributed by atoms with Crippen molar-refractivity contribution in [2.75, 3.05) is 0 Å². The third-order valence-corrected chi connectivity index (χ3v) is 6.71. The summed E-state index contributed by atoms with van der Waals surface area (Å²) in [7, 11) is -3.90. The number of hydrogen-bond donors (Lipinski definition) is 0. The molecule has 0 radical (unpaired) electrons. The van der Waals surface area contributed by atoms with E-state index >= 15 is 0 Å². The number of carbonyl (C=O) groups is 2. The highest BCUT2D eigenvalue weighted by molar-refractivity contribution is 7.91. The fraction of sp³-hybridized carbons (Fsp3) is 0.0909. The maximum Gasteiger partial charge on any atom is 0.343 e. The molecule has 5 nitrogen and oxygen atoms in total. The largest absolute Gasteiger partial charge is 0.423 e. The quantitative estimate of drug-likeness (QED) is 0.382. The summed E-state index contributed by atoms with van der Waals surface area (Å²) in [5.74, 6) is -0.697. The molecule has 3 aromatic carbocycles. The van der Waals surface area contributed by atoms with E-state index in [0.29, 0.717) is 5.75 Å². The van der Waals surface area contributed by atoms with Gasteiger partial charge < -0.3 is 4.74 Å². The number of esters is 1. The molecule has 0 atom stereocenters. The van der Waals surface area contributed by atoms with Crippen LogP contribution in [0.3, 0.4) is 0 Å². The normalized spacial score (nSPS) is 14.1. The van der Waals surface area contributed by atoms with Crippen LogP contribution in [-0.4, -0.2) is 20.2 Å². The van der Waals surface area contributed by atoms with Gasteiger partial charge in [0, 0.05) is 11.1 Å². The van der Waals surface area contributed by atoms with Crippen molar-refractivity contribution in [2.24, 2.45) is 0 Å². The molecule has 1 heterocycles. The number of carbonyl (C=O) groups excluding carboxylic acids is 2. The maximum atomic E-state index is 13.0. The molecule has 28 heavy (non-hydrogen) atoms. The van der Waals surface area contributed by atoms with E-state index in [9.17, 15) is 18.0 Å². The Morgan fingerprint density at radius 3 is 2.29 bits per heavy atom. The summed E-state index contributed by atoms with van der Waals surface area (Å²) in [5, 5.41) is 0. The van der Waals surface area contributed by atoms with E-state index in [1.807, 2.05) is 19.9 Å². The Kier molecular flexibility index (Phi) is 4.16. The highest BCUT2D eigenvalue weighted by Gasteiger charge is 2.35. The number of rotatable bonds is 2.